The van der Waals surface area contributed by atoms with E-state index in [9.17, 15) is 9.59 Å². The van der Waals surface area contributed by atoms with Gasteiger partial charge in [-0.2, -0.15) is 0 Å². The summed E-state index contributed by atoms with van der Waals surface area (Å²) in [6, 6.07) is 6.96. The smallest absolute Gasteiger partial charge is 0.257 e. The van der Waals surface area contributed by atoms with E-state index in [-0.39, 0.29) is 18.4 Å². The molecule has 0 spiro atoms. The Hall–Kier alpha value is -2.04. The Morgan fingerprint density at radius 3 is 2.63 bits per heavy atom. The van der Waals surface area contributed by atoms with E-state index in [4.69, 9.17) is 4.74 Å². The van der Waals surface area contributed by atoms with Crippen LogP contribution in [0.5, 0.6) is 5.75 Å². The minimum atomic E-state index is -0.232. The van der Waals surface area contributed by atoms with E-state index in [0.29, 0.717) is 17.9 Å². The molecule has 0 saturated heterocycles. The topological polar surface area (TPSA) is 58.6 Å². The Morgan fingerprint density at radius 1 is 1.32 bits per heavy atom. The fourth-order valence-corrected chi connectivity index (χ4v) is 1.63. The van der Waals surface area contributed by atoms with Crippen LogP contribution in [-0.4, -0.2) is 44.0 Å². The van der Waals surface area contributed by atoms with Crippen LogP contribution in [0.25, 0.3) is 0 Å². The number of hydrogen-bond acceptors (Lipinski definition) is 3. The van der Waals surface area contributed by atoms with Crippen LogP contribution < -0.4 is 10.1 Å². The highest BCUT2D eigenvalue weighted by Crippen LogP contribution is 2.18. The molecule has 5 nitrogen and oxygen atoms in total. The van der Waals surface area contributed by atoms with Gasteiger partial charge in [0.1, 0.15) is 5.75 Å². The quantitative estimate of drug-likeness (QED) is 0.842. The van der Waals surface area contributed by atoms with Crippen molar-refractivity contribution in [2.75, 3.05) is 27.2 Å². The highest BCUT2D eigenvalue weighted by molar-refractivity contribution is 5.98. The molecule has 1 N–H and O–H groups in total. The molecule has 5 heteroatoms. The SMILES string of the molecule is CCCNC(=O)CN(C)C(=O)c1ccccc1OC. The summed E-state index contributed by atoms with van der Waals surface area (Å²) in [6.07, 6.45) is 0.871. The van der Waals surface area contributed by atoms with Crippen LogP contribution in [0.15, 0.2) is 24.3 Å². The molecule has 0 unspecified atom stereocenters. The van der Waals surface area contributed by atoms with Gasteiger partial charge in [-0.15, -0.1) is 0 Å². The molecule has 0 fully saturated rings. The monoisotopic (exact) mass is 264 g/mol. The number of nitrogens with one attached hydrogen (secondary N) is 1. The van der Waals surface area contributed by atoms with Gasteiger partial charge in [0.15, 0.2) is 0 Å². The Bertz CT molecular complexity index is 446. The van der Waals surface area contributed by atoms with E-state index in [1.54, 1.807) is 31.3 Å². The lowest BCUT2D eigenvalue weighted by Gasteiger charge is -2.18. The summed E-state index contributed by atoms with van der Waals surface area (Å²) in [7, 11) is 3.11. The molecular formula is C14H20N2O3. The molecule has 1 aromatic carbocycles. The third-order valence-corrected chi connectivity index (χ3v) is 2.64. The molecule has 0 radical (unpaired) electrons. The van der Waals surface area contributed by atoms with Gasteiger partial charge in [-0.05, 0) is 18.6 Å². The van der Waals surface area contributed by atoms with Crippen LogP contribution in [0.1, 0.15) is 23.7 Å². The number of rotatable bonds is 6. The molecular weight excluding hydrogens is 244 g/mol. The zero-order valence-electron chi connectivity index (χ0n) is 11.6. The molecule has 0 aromatic heterocycles. The number of hydrogen-bond donors (Lipinski definition) is 1. The molecule has 19 heavy (non-hydrogen) atoms. The van der Waals surface area contributed by atoms with E-state index >= 15 is 0 Å². The third kappa shape index (κ3) is 4.28. The average Bonchev–Trinajstić information content (AvgIpc) is 2.44. The van der Waals surface area contributed by atoms with Crippen molar-refractivity contribution >= 4 is 11.8 Å². The van der Waals surface area contributed by atoms with Gasteiger partial charge in [0.25, 0.3) is 5.91 Å². The lowest BCUT2D eigenvalue weighted by Crippen LogP contribution is -2.38. The second kappa shape index (κ2) is 7.41. The minimum Gasteiger partial charge on any atom is -0.496 e. The van der Waals surface area contributed by atoms with Crippen molar-refractivity contribution in [1.82, 2.24) is 10.2 Å². The lowest BCUT2D eigenvalue weighted by atomic mass is 10.2. The first-order valence-electron chi connectivity index (χ1n) is 6.25. The van der Waals surface area contributed by atoms with Crippen molar-refractivity contribution in [2.45, 2.75) is 13.3 Å². The minimum absolute atomic E-state index is 0.0386. The number of nitrogens with zero attached hydrogens (tertiary/aromatic N) is 1. The summed E-state index contributed by atoms with van der Waals surface area (Å²) in [6.45, 7) is 2.64. The largest absolute Gasteiger partial charge is 0.496 e. The standard InChI is InChI=1S/C14H20N2O3/c1-4-9-15-13(17)10-16(2)14(18)11-7-5-6-8-12(11)19-3/h5-8H,4,9-10H2,1-3H3,(H,15,17). The molecule has 1 rings (SSSR count). The molecule has 0 heterocycles. The summed E-state index contributed by atoms with van der Waals surface area (Å²) < 4.78 is 5.14. The first-order chi connectivity index (χ1) is 9.10. The van der Waals surface area contributed by atoms with Gasteiger partial charge in [-0.25, -0.2) is 0 Å². The molecule has 2 amide bonds. The summed E-state index contributed by atoms with van der Waals surface area (Å²) in [5, 5.41) is 2.73. The van der Waals surface area contributed by atoms with Gasteiger partial charge in [0.05, 0.1) is 19.2 Å². The maximum Gasteiger partial charge on any atom is 0.257 e. The molecule has 0 saturated carbocycles. The maximum absolute atomic E-state index is 12.2. The van der Waals surface area contributed by atoms with Crippen molar-refractivity contribution < 1.29 is 14.3 Å². The Balaban J connectivity index is 2.69. The predicted octanol–water partition coefficient (Wildman–Crippen LogP) is 1.29. The molecule has 0 atom stereocenters. The number of ether oxygens (including phenoxy) is 1. The number of para-hydroxylation sites is 1. The fourth-order valence-electron chi connectivity index (χ4n) is 1.63. The van der Waals surface area contributed by atoms with Crippen LogP contribution in [0.2, 0.25) is 0 Å². The number of amides is 2. The lowest BCUT2D eigenvalue weighted by molar-refractivity contribution is -0.121. The van der Waals surface area contributed by atoms with Crippen molar-refractivity contribution in [1.29, 1.82) is 0 Å². The van der Waals surface area contributed by atoms with Gasteiger partial charge in [-0.3, -0.25) is 9.59 Å². The molecule has 0 aliphatic heterocycles. The van der Waals surface area contributed by atoms with Gasteiger partial charge < -0.3 is 15.0 Å². The maximum atomic E-state index is 12.2. The zero-order chi connectivity index (χ0) is 14.3. The van der Waals surface area contributed by atoms with E-state index in [2.05, 4.69) is 5.32 Å². The van der Waals surface area contributed by atoms with Crippen LogP contribution in [0, 0.1) is 0 Å². The third-order valence-electron chi connectivity index (χ3n) is 2.64. The summed E-state index contributed by atoms with van der Waals surface area (Å²) in [5.41, 5.74) is 0.454. The molecule has 0 aliphatic carbocycles. The predicted molar refractivity (Wildman–Crippen MR) is 73.3 cm³/mol. The molecule has 104 valence electrons. The Kier molecular flexibility index (Phi) is 5.85. The van der Waals surface area contributed by atoms with Crippen LogP contribution in [0.4, 0.5) is 0 Å². The van der Waals surface area contributed by atoms with Crippen LogP contribution in [0.3, 0.4) is 0 Å². The summed E-state index contributed by atoms with van der Waals surface area (Å²) >= 11 is 0. The Morgan fingerprint density at radius 2 is 2.00 bits per heavy atom. The van der Waals surface area contributed by atoms with Gasteiger partial charge in [-0.1, -0.05) is 19.1 Å². The fraction of sp³-hybridized carbons (Fsp3) is 0.429. The normalized spacial score (nSPS) is 9.84. The summed E-state index contributed by atoms with van der Waals surface area (Å²) in [4.78, 5) is 25.1. The average molecular weight is 264 g/mol. The van der Waals surface area contributed by atoms with E-state index in [1.165, 1.54) is 12.0 Å². The van der Waals surface area contributed by atoms with Crippen molar-refractivity contribution in [3.05, 3.63) is 29.8 Å². The Labute approximate surface area is 113 Å². The molecule has 1 aromatic rings. The zero-order valence-corrected chi connectivity index (χ0v) is 11.6. The van der Waals surface area contributed by atoms with Gasteiger partial charge >= 0.3 is 0 Å². The number of carbonyl (C=O) groups is 2. The van der Waals surface area contributed by atoms with Gasteiger partial charge in [0, 0.05) is 13.6 Å². The first-order valence-corrected chi connectivity index (χ1v) is 6.25. The molecule has 0 aliphatic rings. The molecule has 0 bridgehead atoms. The number of methoxy groups -OCH3 is 1. The number of carbonyl (C=O) groups excluding carboxylic acids is 2. The highest BCUT2D eigenvalue weighted by Gasteiger charge is 2.17. The van der Waals surface area contributed by atoms with Crippen LogP contribution >= 0.6 is 0 Å². The number of benzene rings is 1. The van der Waals surface area contributed by atoms with Crippen molar-refractivity contribution in [3.63, 3.8) is 0 Å². The van der Waals surface area contributed by atoms with Crippen molar-refractivity contribution in [3.8, 4) is 5.75 Å². The summed E-state index contributed by atoms with van der Waals surface area (Å²) in [5.74, 6) is 0.116. The van der Waals surface area contributed by atoms with Crippen LogP contribution in [-0.2, 0) is 4.79 Å². The highest BCUT2D eigenvalue weighted by atomic mass is 16.5. The number of likely N-dealkylation sites (N-methyl/N-ethyl adjacent to an activating group) is 1. The van der Waals surface area contributed by atoms with Gasteiger partial charge in [0.2, 0.25) is 5.91 Å². The first kappa shape index (κ1) is 15.0. The second-order valence-electron chi connectivity index (χ2n) is 4.21. The van der Waals surface area contributed by atoms with E-state index in [1.807, 2.05) is 6.92 Å². The van der Waals surface area contributed by atoms with E-state index in [0.717, 1.165) is 6.42 Å². The second-order valence-corrected chi connectivity index (χ2v) is 4.21. The van der Waals surface area contributed by atoms with E-state index < -0.39 is 0 Å². The van der Waals surface area contributed by atoms with Crippen molar-refractivity contribution in [2.24, 2.45) is 0 Å².